The van der Waals surface area contributed by atoms with Gasteiger partial charge in [-0.05, 0) is 12.1 Å². The van der Waals surface area contributed by atoms with E-state index in [1.54, 1.807) is 12.1 Å². The highest BCUT2D eigenvalue weighted by Gasteiger charge is 2.18. The van der Waals surface area contributed by atoms with E-state index in [0.29, 0.717) is 35.7 Å². The van der Waals surface area contributed by atoms with E-state index in [-0.39, 0.29) is 17.8 Å². The van der Waals surface area contributed by atoms with E-state index in [9.17, 15) is 4.79 Å². The van der Waals surface area contributed by atoms with Crippen molar-refractivity contribution < 1.29 is 19.0 Å². The van der Waals surface area contributed by atoms with Gasteiger partial charge in [0.15, 0.2) is 16.8 Å². The Balaban J connectivity index is 2.37. The fourth-order valence-electron chi connectivity index (χ4n) is 1.85. The predicted octanol–water partition coefficient (Wildman–Crippen LogP) is 1.06. The molecule has 0 aliphatic carbocycles. The molecular formula is C12H10O5. The molecule has 1 N–H and O–H groups in total. The summed E-state index contributed by atoms with van der Waals surface area (Å²) in [4.78, 5) is 11.8. The Labute approximate surface area is 96.2 Å². The van der Waals surface area contributed by atoms with E-state index >= 15 is 0 Å². The first-order valence-corrected chi connectivity index (χ1v) is 5.26. The van der Waals surface area contributed by atoms with Crippen molar-refractivity contribution in [1.29, 1.82) is 0 Å². The van der Waals surface area contributed by atoms with Crippen molar-refractivity contribution in [3.63, 3.8) is 0 Å². The van der Waals surface area contributed by atoms with Gasteiger partial charge in [0.05, 0.1) is 5.39 Å². The highest BCUT2D eigenvalue weighted by Crippen LogP contribution is 2.36. The average Bonchev–Trinajstić information content (AvgIpc) is 2.38. The molecule has 0 unspecified atom stereocenters. The minimum absolute atomic E-state index is 0.202. The van der Waals surface area contributed by atoms with Crippen LogP contribution in [0.3, 0.4) is 0 Å². The summed E-state index contributed by atoms with van der Waals surface area (Å²) in [5, 5.41) is 9.44. The molecule has 0 saturated heterocycles. The molecule has 88 valence electrons. The summed E-state index contributed by atoms with van der Waals surface area (Å²) >= 11 is 0. The molecule has 0 radical (unpaired) electrons. The first-order chi connectivity index (χ1) is 8.29. The number of hydrogen-bond acceptors (Lipinski definition) is 5. The highest BCUT2D eigenvalue weighted by molar-refractivity contribution is 5.85. The molecule has 5 heteroatoms. The molecule has 1 aliphatic heterocycles. The normalized spacial score (nSPS) is 13.9. The largest absolute Gasteiger partial charge is 0.486 e. The van der Waals surface area contributed by atoms with Crippen LogP contribution in [0.1, 0.15) is 5.76 Å². The zero-order valence-corrected chi connectivity index (χ0v) is 8.93. The number of ether oxygens (including phenoxy) is 2. The van der Waals surface area contributed by atoms with Gasteiger partial charge >= 0.3 is 0 Å². The van der Waals surface area contributed by atoms with Crippen LogP contribution in [0.4, 0.5) is 0 Å². The topological polar surface area (TPSA) is 68.9 Å². The standard InChI is InChI=1S/C12H10O5/c13-6-7-5-9(14)8-1-2-10-12(11(8)17-7)16-4-3-15-10/h1-2,5,13H,3-4,6H2. The number of hydrogen-bond donors (Lipinski definition) is 1. The quantitative estimate of drug-likeness (QED) is 0.798. The Kier molecular flexibility index (Phi) is 2.26. The molecule has 17 heavy (non-hydrogen) atoms. The second kappa shape index (κ2) is 3.78. The highest BCUT2D eigenvalue weighted by atomic mass is 16.6. The van der Waals surface area contributed by atoms with Gasteiger partial charge in [-0.15, -0.1) is 0 Å². The third kappa shape index (κ3) is 1.55. The van der Waals surface area contributed by atoms with Gasteiger partial charge in [0, 0.05) is 6.07 Å². The zero-order valence-electron chi connectivity index (χ0n) is 8.93. The summed E-state index contributed by atoms with van der Waals surface area (Å²) in [7, 11) is 0. The van der Waals surface area contributed by atoms with Gasteiger partial charge in [-0.2, -0.15) is 0 Å². The Morgan fingerprint density at radius 2 is 2.06 bits per heavy atom. The van der Waals surface area contributed by atoms with E-state index in [2.05, 4.69) is 0 Å². The van der Waals surface area contributed by atoms with Gasteiger partial charge in [-0.1, -0.05) is 0 Å². The number of rotatable bonds is 1. The van der Waals surface area contributed by atoms with Crippen molar-refractivity contribution in [2.45, 2.75) is 6.61 Å². The molecule has 5 nitrogen and oxygen atoms in total. The van der Waals surface area contributed by atoms with Crippen molar-refractivity contribution in [3.8, 4) is 11.5 Å². The van der Waals surface area contributed by atoms with Gasteiger partial charge in [0.1, 0.15) is 25.6 Å². The van der Waals surface area contributed by atoms with Gasteiger partial charge < -0.3 is 19.0 Å². The minimum Gasteiger partial charge on any atom is -0.486 e. The van der Waals surface area contributed by atoms with Crippen molar-refractivity contribution in [1.82, 2.24) is 0 Å². The summed E-state index contributed by atoms with van der Waals surface area (Å²) in [6.45, 7) is 0.567. The smallest absolute Gasteiger partial charge is 0.205 e. The molecule has 1 aromatic heterocycles. The van der Waals surface area contributed by atoms with E-state index in [0.717, 1.165) is 0 Å². The molecule has 1 aliphatic rings. The van der Waals surface area contributed by atoms with Gasteiger partial charge in [-0.3, -0.25) is 4.79 Å². The molecular weight excluding hydrogens is 224 g/mol. The van der Waals surface area contributed by atoms with Crippen LogP contribution in [0.25, 0.3) is 11.0 Å². The molecule has 0 bridgehead atoms. The summed E-state index contributed by atoms with van der Waals surface area (Å²) < 4.78 is 16.3. The number of aliphatic hydroxyl groups is 1. The van der Waals surface area contributed by atoms with Crippen LogP contribution in [0, 0.1) is 0 Å². The van der Waals surface area contributed by atoms with Crippen molar-refractivity contribution in [3.05, 3.63) is 34.2 Å². The first kappa shape index (κ1) is 10.2. The molecule has 0 atom stereocenters. The van der Waals surface area contributed by atoms with Gasteiger partial charge in [0.2, 0.25) is 5.75 Å². The number of fused-ring (bicyclic) bond motifs is 3. The molecule has 3 rings (SSSR count). The summed E-state index contributed by atoms with van der Waals surface area (Å²) in [5.74, 6) is 1.20. The number of aliphatic hydroxyl groups excluding tert-OH is 1. The molecule has 2 heterocycles. The zero-order chi connectivity index (χ0) is 11.8. The Hall–Kier alpha value is -2.01. The van der Waals surface area contributed by atoms with Crippen LogP contribution in [0.2, 0.25) is 0 Å². The Morgan fingerprint density at radius 1 is 1.24 bits per heavy atom. The molecule has 0 fully saturated rings. The maximum absolute atomic E-state index is 11.8. The molecule has 2 aromatic rings. The van der Waals surface area contributed by atoms with Crippen LogP contribution in [0.15, 0.2) is 27.4 Å². The molecule has 1 aromatic carbocycles. The lowest BCUT2D eigenvalue weighted by atomic mass is 10.2. The summed E-state index contributed by atoms with van der Waals surface area (Å²) in [6.07, 6.45) is 0. The van der Waals surface area contributed by atoms with Crippen LogP contribution < -0.4 is 14.9 Å². The Morgan fingerprint density at radius 3 is 2.88 bits per heavy atom. The van der Waals surface area contributed by atoms with Crippen molar-refractivity contribution >= 4 is 11.0 Å². The minimum atomic E-state index is -0.324. The van der Waals surface area contributed by atoms with E-state index in [4.69, 9.17) is 19.0 Å². The maximum Gasteiger partial charge on any atom is 0.205 e. The molecule has 0 saturated carbocycles. The van der Waals surface area contributed by atoms with E-state index in [1.165, 1.54) is 6.07 Å². The second-order valence-corrected chi connectivity index (χ2v) is 3.70. The number of benzene rings is 1. The lowest BCUT2D eigenvalue weighted by molar-refractivity contribution is 0.171. The van der Waals surface area contributed by atoms with Gasteiger partial charge in [0.25, 0.3) is 0 Å². The third-order valence-corrected chi connectivity index (χ3v) is 2.61. The summed E-state index contributed by atoms with van der Waals surface area (Å²) in [5.41, 5.74) is 0.131. The van der Waals surface area contributed by atoms with Crippen LogP contribution in [-0.2, 0) is 6.61 Å². The van der Waals surface area contributed by atoms with Crippen molar-refractivity contribution in [2.24, 2.45) is 0 Å². The lowest BCUT2D eigenvalue weighted by Crippen LogP contribution is -2.16. The SMILES string of the molecule is O=c1cc(CO)oc2c3c(ccc12)OCCO3. The van der Waals surface area contributed by atoms with Crippen molar-refractivity contribution in [2.75, 3.05) is 13.2 Å². The van der Waals surface area contributed by atoms with Gasteiger partial charge in [-0.25, -0.2) is 0 Å². The van der Waals surface area contributed by atoms with Crippen LogP contribution in [0.5, 0.6) is 11.5 Å². The second-order valence-electron chi connectivity index (χ2n) is 3.70. The fraction of sp³-hybridized carbons (Fsp3) is 0.250. The Bertz CT molecular complexity index is 629. The molecule has 0 spiro atoms. The molecule has 0 amide bonds. The lowest BCUT2D eigenvalue weighted by Gasteiger charge is -2.18. The average molecular weight is 234 g/mol. The van der Waals surface area contributed by atoms with E-state index in [1.807, 2.05) is 0 Å². The monoisotopic (exact) mass is 234 g/mol. The fourth-order valence-corrected chi connectivity index (χ4v) is 1.85. The predicted molar refractivity (Wildman–Crippen MR) is 59.4 cm³/mol. The van der Waals surface area contributed by atoms with Crippen LogP contribution >= 0.6 is 0 Å². The maximum atomic E-state index is 11.8. The first-order valence-electron chi connectivity index (χ1n) is 5.26. The van der Waals surface area contributed by atoms with E-state index < -0.39 is 0 Å². The third-order valence-electron chi connectivity index (χ3n) is 2.61. The van der Waals surface area contributed by atoms with Crippen LogP contribution in [-0.4, -0.2) is 18.3 Å². The summed E-state index contributed by atoms with van der Waals surface area (Å²) in [6, 6.07) is 4.60.